The summed E-state index contributed by atoms with van der Waals surface area (Å²) in [6.07, 6.45) is 3.12. The van der Waals surface area contributed by atoms with E-state index in [1.807, 2.05) is 0 Å². The van der Waals surface area contributed by atoms with Crippen molar-refractivity contribution in [2.45, 2.75) is 38.6 Å². The third kappa shape index (κ3) is 2.11. The van der Waals surface area contributed by atoms with E-state index < -0.39 is 5.41 Å². The predicted molar refractivity (Wildman–Crippen MR) is 57.2 cm³/mol. The minimum absolute atomic E-state index is 0.227. The minimum Gasteiger partial charge on any atom is -0.345 e. The maximum Gasteiger partial charge on any atom is 0.241 e. The quantitative estimate of drug-likeness (QED) is 0.790. The van der Waals surface area contributed by atoms with Crippen LogP contribution < -0.4 is 5.32 Å². The summed E-state index contributed by atoms with van der Waals surface area (Å²) in [6.45, 7) is 1.77. The number of nitrogens with one attached hydrogen (secondary N) is 2. The molecule has 1 atom stereocenters. The van der Waals surface area contributed by atoms with E-state index in [0.29, 0.717) is 18.7 Å². The van der Waals surface area contributed by atoms with E-state index in [4.69, 9.17) is 5.26 Å². The maximum absolute atomic E-state index is 12.1. The number of hydrogen-bond donors (Lipinski definition) is 2. The lowest BCUT2D eigenvalue weighted by atomic mass is 9.87. The molecule has 1 aromatic heterocycles. The largest absolute Gasteiger partial charge is 0.345 e. The first-order valence-electron chi connectivity index (χ1n) is 5.63. The van der Waals surface area contributed by atoms with Gasteiger partial charge < -0.3 is 5.32 Å². The van der Waals surface area contributed by atoms with Crippen LogP contribution in [0.5, 0.6) is 0 Å². The zero-order valence-electron chi connectivity index (χ0n) is 9.60. The molecule has 7 nitrogen and oxygen atoms in total. The van der Waals surface area contributed by atoms with E-state index >= 15 is 0 Å². The minimum atomic E-state index is -0.863. The highest BCUT2D eigenvalue weighted by Crippen LogP contribution is 2.37. The fourth-order valence-corrected chi connectivity index (χ4v) is 2.12. The molecule has 0 aromatic carbocycles. The van der Waals surface area contributed by atoms with Crippen LogP contribution in [0.15, 0.2) is 0 Å². The smallest absolute Gasteiger partial charge is 0.241 e. The predicted octanol–water partition coefficient (Wildman–Crippen LogP) is 0.461. The number of aromatic amines is 1. The van der Waals surface area contributed by atoms with Gasteiger partial charge in [-0.1, -0.05) is 18.1 Å². The van der Waals surface area contributed by atoms with Gasteiger partial charge >= 0.3 is 0 Å². The SMILES string of the molecule is CC(NC(=O)C1(C#N)CCCC1)c1nn[nH]n1. The number of nitriles is 1. The van der Waals surface area contributed by atoms with Crippen LogP contribution in [0.25, 0.3) is 0 Å². The van der Waals surface area contributed by atoms with Crippen molar-refractivity contribution >= 4 is 5.91 Å². The first kappa shape index (κ1) is 11.5. The van der Waals surface area contributed by atoms with Gasteiger partial charge in [0.1, 0.15) is 5.41 Å². The molecule has 17 heavy (non-hydrogen) atoms. The Balaban J connectivity index is 2.04. The maximum atomic E-state index is 12.1. The van der Waals surface area contributed by atoms with Gasteiger partial charge in [-0.2, -0.15) is 10.5 Å². The molecule has 7 heteroatoms. The molecule has 1 amide bonds. The molecule has 1 unspecified atom stereocenters. The van der Waals surface area contributed by atoms with Crippen LogP contribution in [-0.4, -0.2) is 26.5 Å². The van der Waals surface area contributed by atoms with E-state index in [2.05, 4.69) is 32.0 Å². The topological polar surface area (TPSA) is 107 Å². The molecule has 0 spiro atoms. The van der Waals surface area contributed by atoms with Crippen LogP contribution in [0.4, 0.5) is 0 Å². The highest BCUT2D eigenvalue weighted by atomic mass is 16.2. The molecule has 1 aromatic rings. The van der Waals surface area contributed by atoms with Crippen LogP contribution in [-0.2, 0) is 4.79 Å². The fourth-order valence-electron chi connectivity index (χ4n) is 2.12. The molecule has 90 valence electrons. The lowest BCUT2D eigenvalue weighted by Crippen LogP contribution is -2.39. The Morgan fingerprint density at radius 1 is 1.59 bits per heavy atom. The highest BCUT2D eigenvalue weighted by Gasteiger charge is 2.42. The van der Waals surface area contributed by atoms with Crippen LogP contribution in [0.2, 0.25) is 0 Å². The lowest BCUT2D eigenvalue weighted by molar-refractivity contribution is -0.128. The number of carbonyl (C=O) groups excluding carboxylic acids is 1. The summed E-state index contributed by atoms with van der Waals surface area (Å²) in [7, 11) is 0. The number of amides is 1. The molecule has 1 saturated carbocycles. The van der Waals surface area contributed by atoms with Crippen molar-refractivity contribution in [2.24, 2.45) is 5.41 Å². The Hall–Kier alpha value is -1.97. The number of nitrogens with zero attached hydrogens (tertiary/aromatic N) is 4. The second-order valence-corrected chi connectivity index (χ2v) is 4.37. The summed E-state index contributed by atoms with van der Waals surface area (Å²) >= 11 is 0. The van der Waals surface area contributed by atoms with Crippen molar-refractivity contribution in [3.05, 3.63) is 5.82 Å². The number of hydrogen-bond acceptors (Lipinski definition) is 5. The molecular formula is C10H14N6O. The number of rotatable bonds is 3. The van der Waals surface area contributed by atoms with Crippen molar-refractivity contribution in [1.82, 2.24) is 25.9 Å². The highest BCUT2D eigenvalue weighted by molar-refractivity contribution is 5.85. The number of H-pyrrole nitrogens is 1. The van der Waals surface area contributed by atoms with Gasteiger partial charge in [0.25, 0.3) is 0 Å². The standard InChI is InChI=1S/C10H14N6O/c1-7(8-13-15-16-14-8)12-9(17)10(6-11)4-2-3-5-10/h7H,2-5H2,1H3,(H,12,17)(H,13,14,15,16). The summed E-state index contributed by atoms with van der Waals surface area (Å²) < 4.78 is 0. The number of aromatic nitrogens is 4. The first-order chi connectivity index (χ1) is 8.18. The summed E-state index contributed by atoms with van der Waals surface area (Å²) in [5, 5.41) is 25.3. The average Bonchev–Trinajstić information content (AvgIpc) is 3.01. The Morgan fingerprint density at radius 3 is 2.82 bits per heavy atom. The molecule has 2 rings (SSSR count). The first-order valence-corrected chi connectivity index (χ1v) is 5.63. The van der Waals surface area contributed by atoms with Crippen LogP contribution >= 0.6 is 0 Å². The second-order valence-electron chi connectivity index (χ2n) is 4.37. The van der Waals surface area contributed by atoms with Gasteiger partial charge in [0.15, 0.2) is 5.82 Å². The zero-order chi connectivity index (χ0) is 12.3. The molecule has 0 radical (unpaired) electrons. The zero-order valence-corrected chi connectivity index (χ0v) is 9.60. The molecule has 0 aliphatic heterocycles. The van der Waals surface area contributed by atoms with Gasteiger partial charge in [0, 0.05) is 0 Å². The Kier molecular flexibility index (Phi) is 3.04. The molecule has 1 aliphatic rings. The van der Waals surface area contributed by atoms with Gasteiger partial charge in [-0.25, -0.2) is 0 Å². The van der Waals surface area contributed by atoms with Gasteiger partial charge in [0.05, 0.1) is 12.1 Å². The average molecular weight is 234 g/mol. The van der Waals surface area contributed by atoms with Crippen LogP contribution in [0.3, 0.4) is 0 Å². The second kappa shape index (κ2) is 4.49. The summed E-state index contributed by atoms with van der Waals surface area (Å²) in [4.78, 5) is 12.1. The third-order valence-corrected chi connectivity index (χ3v) is 3.20. The summed E-state index contributed by atoms with van der Waals surface area (Å²) in [6, 6.07) is 1.81. The van der Waals surface area contributed by atoms with Gasteiger partial charge in [-0.15, -0.1) is 10.2 Å². The van der Waals surface area contributed by atoms with Gasteiger partial charge in [0.2, 0.25) is 5.91 Å². The monoisotopic (exact) mass is 234 g/mol. The molecule has 1 heterocycles. The molecule has 0 saturated heterocycles. The van der Waals surface area contributed by atoms with E-state index in [1.165, 1.54) is 0 Å². The van der Waals surface area contributed by atoms with E-state index in [9.17, 15) is 4.79 Å². The molecule has 0 bridgehead atoms. The van der Waals surface area contributed by atoms with E-state index in [1.54, 1.807) is 6.92 Å². The van der Waals surface area contributed by atoms with Gasteiger partial charge in [-0.3, -0.25) is 4.79 Å². The van der Waals surface area contributed by atoms with Crippen molar-refractivity contribution in [2.75, 3.05) is 0 Å². The molecule has 2 N–H and O–H groups in total. The molecule has 1 fully saturated rings. The molecular weight excluding hydrogens is 220 g/mol. The van der Waals surface area contributed by atoms with Crippen LogP contribution in [0.1, 0.15) is 44.5 Å². The summed E-state index contributed by atoms with van der Waals surface area (Å²) in [5.41, 5.74) is -0.863. The van der Waals surface area contributed by atoms with E-state index in [-0.39, 0.29) is 11.9 Å². The number of tetrazole rings is 1. The lowest BCUT2D eigenvalue weighted by Gasteiger charge is -2.21. The fraction of sp³-hybridized carbons (Fsp3) is 0.700. The van der Waals surface area contributed by atoms with Crippen LogP contribution in [0, 0.1) is 16.7 Å². The van der Waals surface area contributed by atoms with Crippen molar-refractivity contribution in [3.63, 3.8) is 0 Å². The van der Waals surface area contributed by atoms with E-state index in [0.717, 1.165) is 12.8 Å². The molecule has 1 aliphatic carbocycles. The Labute approximate surface area is 98.6 Å². The normalized spacial score (nSPS) is 19.5. The Morgan fingerprint density at radius 2 is 2.29 bits per heavy atom. The van der Waals surface area contributed by atoms with Crippen molar-refractivity contribution in [3.8, 4) is 6.07 Å². The van der Waals surface area contributed by atoms with Gasteiger partial charge in [-0.05, 0) is 19.8 Å². The Bertz CT molecular complexity index is 428. The summed E-state index contributed by atoms with van der Waals surface area (Å²) in [5.74, 6) is 0.194. The number of carbonyl (C=O) groups is 1. The van der Waals surface area contributed by atoms with Crippen molar-refractivity contribution in [1.29, 1.82) is 5.26 Å². The van der Waals surface area contributed by atoms with Crippen molar-refractivity contribution < 1.29 is 4.79 Å². The third-order valence-electron chi connectivity index (χ3n) is 3.20.